The fourth-order valence-corrected chi connectivity index (χ4v) is 3.58. The summed E-state index contributed by atoms with van der Waals surface area (Å²) in [5, 5.41) is 22.3. The molecule has 1 aromatic heterocycles. The van der Waals surface area contributed by atoms with Crippen LogP contribution in [0.25, 0.3) is 0 Å². The number of rotatable bonds is 8. The molecule has 0 spiro atoms. The molecule has 1 atom stereocenters. The quantitative estimate of drug-likeness (QED) is 0.283. The SMILES string of the molecule is CC(Oc1ccc(Br)cc1)c1nnc(SCC(=O)Nc2cccc([N+](=O)[O-])c2)n1C. The molecule has 11 heteroatoms. The highest BCUT2D eigenvalue weighted by Crippen LogP contribution is 2.25. The number of thioether (sulfide) groups is 1. The minimum Gasteiger partial charge on any atom is -0.483 e. The second kappa shape index (κ2) is 9.72. The lowest BCUT2D eigenvalue weighted by Gasteiger charge is -2.14. The number of carbonyl (C=O) groups is 1. The Morgan fingerprint density at radius 1 is 1.30 bits per heavy atom. The van der Waals surface area contributed by atoms with Gasteiger partial charge in [-0.25, -0.2) is 0 Å². The molecule has 0 aliphatic rings. The third-order valence-corrected chi connectivity index (χ3v) is 5.58. The maximum atomic E-state index is 12.2. The molecule has 30 heavy (non-hydrogen) atoms. The Kier molecular flexibility index (Phi) is 7.06. The summed E-state index contributed by atoms with van der Waals surface area (Å²) in [6, 6.07) is 13.3. The Morgan fingerprint density at radius 2 is 2.03 bits per heavy atom. The van der Waals surface area contributed by atoms with Crippen LogP contribution in [-0.4, -0.2) is 31.3 Å². The van der Waals surface area contributed by atoms with E-state index in [4.69, 9.17) is 4.74 Å². The predicted octanol–water partition coefficient (Wildman–Crippen LogP) is 4.36. The van der Waals surface area contributed by atoms with Crippen LogP contribution in [-0.2, 0) is 11.8 Å². The van der Waals surface area contributed by atoms with E-state index in [0.717, 1.165) is 4.47 Å². The smallest absolute Gasteiger partial charge is 0.271 e. The van der Waals surface area contributed by atoms with E-state index in [1.807, 2.05) is 31.2 Å². The number of amides is 1. The summed E-state index contributed by atoms with van der Waals surface area (Å²) in [6.45, 7) is 1.87. The van der Waals surface area contributed by atoms with Gasteiger partial charge in [-0.3, -0.25) is 14.9 Å². The summed E-state index contributed by atoms with van der Waals surface area (Å²) >= 11 is 4.60. The monoisotopic (exact) mass is 491 g/mol. The minimum atomic E-state index is -0.511. The number of halogens is 1. The van der Waals surface area contributed by atoms with E-state index < -0.39 is 4.92 Å². The zero-order valence-corrected chi connectivity index (χ0v) is 18.5. The van der Waals surface area contributed by atoms with E-state index in [2.05, 4.69) is 31.4 Å². The molecule has 156 valence electrons. The number of aromatic nitrogens is 3. The predicted molar refractivity (Wildman–Crippen MR) is 117 cm³/mol. The molecule has 0 bridgehead atoms. The number of hydrogen-bond acceptors (Lipinski definition) is 7. The van der Waals surface area contributed by atoms with E-state index in [9.17, 15) is 14.9 Å². The number of non-ortho nitro benzene ring substituents is 1. The number of benzene rings is 2. The Hall–Kier alpha value is -2.92. The normalized spacial score (nSPS) is 11.7. The van der Waals surface area contributed by atoms with E-state index in [1.165, 1.54) is 30.0 Å². The first-order valence-corrected chi connectivity index (χ1v) is 10.6. The maximum absolute atomic E-state index is 12.2. The van der Waals surface area contributed by atoms with Crippen LogP contribution in [0.1, 0.15) is 18.9 Å². The van der Waals surface area contributed by atoms with Gasteiger partial charge in [0.2, 0.25) is 5.91 Å². The van der Waals surface area contributed by atoms with E-state index >= 15 is 0 Å². The first-order chi connectivity index (χ1) is 14.3. The van der Waals surface area contributed by atoms with Crippen molar-refractivity contribution in [3.63, 3.8) is 0 Å². The lowest BCUT2D eigenvalue weighted by molar-refractivity contribution is -0.384. The Bertz CT molecular complexity index is 1060. The molecule has 1 N–H and O–H groups in total. The second-order valence-electron chi connectivity index (χ2n) is 6.26. The van der Waals surface area contributed by atoms with Crippen molar-refractivity contribution in [2.45, 2.75) is 18.2 Å². The van der Waals surface area contributed by atoms with E-state index in [1.54, 1.807) is 17.7 Å². The van der Waals surface area contributed by atoms with Gasteiger partial charge < -0.3 is 14.6 Å². The number of nitro benzene ring substituents is 1. The Morgan fingerprint density at radius 3 is 2.73 bits per heavy atom. The molecule has 0 saturated heterocycles. The van der Waals surface area contributed by atoms with Gasteiger partial charge in [0, 0.05) is 29.3 Å². The summed E-state index contributed by atoms with van der Waals surface area (Å²) in [7, 11) is 1.80. The third kappa shape index (κ3) is 5.57. The van der Waals surface area contributed by atoms with Crippen LogP contribution in [0.3, 0.4) is 0 Å². The van der Waals surface area contributed by atoms with Crippen LogP contribution in [0.15, 0.2) is 58.2 Å². The molecule has 3 aromatic rings. The molecule has 1 unspecified atom stereocenters. The molecule has 1 heterocycles. The van der Waals surface area contributed by atoms with E-state index in [-0.39, 0.29) is 23.5 Å². The largest absolute Gasteiger partial charge is 0.483 e. The molecule has 0 radical (unpaired) electrons. The highest BCUT2D eigenvalue weighted by molar-refractivity contribution is 9.10. The van der Waals surface area contributed by atoms with Crippen LogP contribution in [0.2, 0.25) is 0 Å². The number of ether oxygens (including phenoxy) is 1. The molecule has 2 aromatic carbocycles. The first-order valence-electron chi connectivity index (χ1n) is 8.82. The van der Waals surface area contributed by atoms with Crippen LogP contribution < -0.4 is 10.1 Å². The molecule has 0 fully saturated rings. The first kappa shape index (κ1) is 21.8. The van der Waals surface area contributed by atoms with Gasteiger partial charge in [-0.1, -0.05) is 33.8 Å². The van der Waals surface area contributed by atoms with Gasteiger partial charge in [0.1, 0.15) is 5.75 Å². The minimum absolute atomic E-state index is 0.0800. The average molecular weight is 492 g/mol. The second-order valence-corrected chi connectivity index (χ2v) is 8.12. The van der Waals surface area contributed by atoms with Gasteiger partial charge in [-0.05, 0) is 37.3 Å². The highest BCUT2D eigenvalue weighted by atomic mass is 79.9. The van der Waals surface area contributed by atoms with Gasteiger partial charge in [0.25, 0.3) is 5.69 Å². The van der Waals surface area contributed by atoms with Gasteiger partial charge in [0.05, 0.1) is 10.7 Å². The summed E-state index contributed by atoms with van der Waals surface area (Å²) in [6.07, 6.45) is -0.336. The van der Waals surface area contributed by atoms with Gasteiger partial charge in [-0.15, -0.1) is 10.2 Å². The van der Waals surface area contributed by atoms with Crippen LogP contribution in [0, 0.1) is 10.1 Å². The van der Waals surface area contributed by atoms with Crippen molar-refractivity contribution in [3.8, 4) is 5.75 Å². The Labute approximate surface area is 185 Å². The average Bonchev–Trinajstić information content (AvgIpc) is 3.09. The highest BCUT2D eigenvalue weighted by Gasteiger charge is 2.18. The van der Waals surface area contributed by atoms with Crippen molar-refractivity contribution < 1.29 is 14.5 Å². The molecule has 0 aliphatic carbocycles. The molecular formula is C19H18BrN5O4S. The molecule has 0 aliphatic heterocycles. The summed E-state index contributed by atoms with van der Waals surface area (Å²) in [5.74, 6) is 1.11. The van der Waals surface area contributed by atoms with Gasteiger partial charge in [-0.2, -0.15) is 0 Å². The van der Waals surface area contributed by atoms with Crippen molar-refractivity contribution in [1.29, 1.82) is 0 Å². The summed E-state index contributed by atoms with van der Waals surface area (Å²) < 4.78 is 8.63. The number of nitro groups is 1. The standard InChI is InChI=1S/C19H18BrN5O4S/c1-12(29-16-8-6-13(20)7-9-16)18-22-23-19(24(18)2)30-11-17(26)21-14-4-3-5-15(10-14)25(27)28/h3-10,12H,11H2,1-2H3,(H,21,26). The lowest BCUT2D eigenvalue weighted by atomic mass is 10.3. The fourth-order valence-electron chi connectivity index (χ4n) is 2.60. The van der Waals surface area contributed by atoms with Gasteiger partial charge in [0.15, 0.2) is 17.1 Å². The molecule has 3 rings (SSSR count). The summed E-state index contributed by atoms with van der Waals surface area (Å²) in [4.78, 5) is 22.5. The van der Waals surface area contributed by atoms with Crippen molar-refractivity contribution in [2.75, 3.05) is 11.1 Å². The molecule has 1 amide bonds. The number of nitrogens with one attached hydrogen (secondary N) is 1. The zero-order chi connectivity index (χ0) is 21.7. The van der Waals surface area contributed by atoms with Crippen LogP contribution in [0.4, 0.5) is 11.4 Å². The zero-order valence-electron chi connectivity index (χ0n) is 16.1. The van der Waals surface area contributed by atoms with Crippen molar-refractivity contribution in [2.24, 2.45) is 7.05 Å². The third-order valence-electron chi connectivity index (χ3n) is 4.03. The van der Waals surface area contributed by atoms with Crippen molar-refractivity contribution in [1.82, 2.24) is 14.8 Å². The summed E-state index contributed by atoms with van der Waals surface area (Å²) in [5.41, 5.74) is 0.281. The molecule has 0 saturated carbocycles. The number of nitrogens with zero attached hydrogens (tertiary/aromatic N) is 4. The van der Waals surface area contributed by atoms with Gasteiger partial charge >= 0.3 is 0 Å². The molecular weight excluding hydrogens is 474 g/mol. The topological polar surface area (TPSA) is 112 Å². The Balaban J connectivity index is 1.58. The fraction of sp³-hybridized carbons (Fsp3) is 0.211. The number of carbonyl (C=O) groups excluding carboxylic acids is 1. The molecule has 9 nitrogen and oxygen atoms in total. The van der Waals surface area contributed by atoms with Crippen molar-refractivity contribution >= 4 is 45.0 Å². The lowest BCUT2D eigenvalue weighted by Crippen LogP contribution is -2.15. The van der Waals surface area contributed by atoms with Crippen molar-refractivity contribution in [3.05, 3.63) is 68.9 Å². The van der Waals surface area contributed by atoms with E-state index in [0.29, 0.717) is 22.4 Å². The van der Waals surface area contributed by atoms with Crippen LogP contribution >= 0.6 is 27.7 Å². The maximum Gasteiger partial charge on any atom is 0.271 e. The number of anilines is 1. The number of hydrogen-bond donors (Lipinski definition) is 1. The van der Waals surface area contributed by atoms with Crippen LogP contribution in [0.5, 0.6) is 5.75 Å².